The van der Waals surface area contributed by atoms with Crippen molar-refractivity contribution >= 4 is 17.4 Å². The molecule has 1 aromatic rings. The molecule has 0 fully saturated rings. The number of aliphatic hydroxyl groups is 1. The monoisotopic (exact) mass is 201 g/mol. The Morgan fingerprint density at radius 2 is 2.54 bits per heavy atom. The standard InChI is InChI=1S/C8H11NO3S/c10-3-4-12-8(11)9-6-7-2-1-5-13-7/h1-2,5,10H,3-4,6H2,(H,9,11). The molecule has 0 bridgehead atoms. The summed E-state index contributed by atoms with van der Waals surface area (Å²) in [6.07, 6.45) is -0.498. The zero-order valence-corrected chi connectivity index (χ0v) is 7.84. The van der Waals surface area contributed by atoms with Crippen LogP contribution in [0.2, 0.25) is 0 Å². The molecule has 0 aliphatic heterocycles. The van der Waals surface area contributed by atoms with Crippen LogP contribution in [-0.4, -0.2) is 24.4 Å². The number of carbonyl (C=O) groups excluding carboxylic acids is 1. The van der Waals surface area contributed by atoms with Gasteiger partial charge in [-0.05, 0) is 11.4 Å². The lowest BCUT2D eigenvalue weighted by atomic mass is 10.5. The highest BCUT2D eigenvalue weighted by molar-refractivity contribution is 7.09. The normalized spacial score (nSPS) is 9.62. The van der Waals surface area contributed by atoms with Crippen molar-refractivity contribution in [2.45, 2.75) is 6.54 Å². The van der Waals surface area contributed by atoms with E-state index in [1.54, 1.807) is 11.3 Å². The van der Waals surface area contributed by atoms with Crippen LogP contribution in [0.4, 0.5) is 4.79 Å². The Morgan fingerprint density at radius 1 is 1.69 bits per heavy atom. The molecule has 0 unspecified atom stereocenters. The first-order valence-electron chi connectivity index (χ1n) is 3.87. The maximum atomic E-state index is 10.9. The third-order valence-electron chi connectivity index (χ3n) is 1.31. The zero-order chi connectivity index (χ0) is 9.52. The van der Waals surface area contributed by atoms with Gasteiger partial charge in [0.25, 0.3) is 0 Å². The molecule has 0 aliphatic rings. The smallest absolute Gasteiger partial charge is 0.407 e. The Labute approximate surface area is 80.2 Å². The minimum atomic E-state index is -0.498. The van der Waals surface area contributed by atoms with E-state index in [0.29, 0.717) is 6.54 Å². The fourth-order valence-corrected chi connectivity index (χ4v) is 1.41. The molecule has 13 heavy (non-hydrogen) atoms. The minimum Gasteiger partial charge on any atom is -0.447 e. The van der Waals surface area contributed by atoms with E-state index in [4.69, 9.17) is 5.11 Å². The molecule has 1 amide bonds. The van der Waals surface area contributed by atoms with Crippen LogP contribution >= 0.6 is 11.3 Å². The summed E-state index contributed by atoms with van der Waals surface area (Å²) >= 11 is 1.57. The summed E-state index contributed by atoms with van der Waals surface area (Å²) in [6, 6.07) is 3.84. The number of alkyl carbamates (subject to hydrolysis) is 1. The summed E-state index contributed by atoms with van der Waals surface area (Å²) in [5, 5.41) is 12.9. The maximum Gasteiger partial charge on any atom is 0.407 e. The van der Waals surface area contributed by atoms with Crippen molar-refractivity contribution in [3.63, 3.8) is 0 Å². The van der Waals surface area contributed by atoms with E-state index in [-0.39, 0.29) is 13.2 Å². The Bertz CT molecular complexity index is 248. The Morgan fingerprint density at radius 3 is 3.15 bits per heavy atom. The summed E-state index contributed by atoms with van der Waals surface area (Å²) < 4.78 is 4.59. The number of amides is 1. The van der Waals surface area contributed by atoms with E-state index < -0.39 is 6.09 Å². The van der Waals surface area contributed by atoms with Gasteiger partial charge in [0.05, 0.1) is 13.2 Å². The summed E-state index contributed by atoms with van der Waals surface area (Å²) in [5.74, 6) is 0. The Kier molecular flexibility index (Phi) is 4.28. The minimum absolute atomic E-state index is 0.0380. The highest BCUT2D eigenvalue weighted by Gasteiger charge is 2.00. The molecule has 5 heteroatoms. The van der Waals surface area contributed by atoms with Crippen molar-refractivity contribution in [3.8, 4) is 0 Å². The summed E-state index contributed by atoms with van der Waals surface area (Å²) in [6.45, 7) is 0.366. The first-order chi connectivity index (χ1) is 6.33. The lowest BCUT2D eigenvalue weighted by Crippen LogP contribution is -2.24. The lowest BCUT2D eigenvalue weighted by Gasteiger charge is -2.03. The van der Waals surface area contributed by atoms with Gasteiger partial charge >= 0.3 is 6.09 Å². The summed E-state index contributed by atoms with van der Waals surface area (Å²) in [4.78, 5) is 11.9. The predicted molar refractivity (Wildman–Crippen MR) is 49.6 cm³/mol. The highest BCUT2D eigenvalue weighted by atomic mass is 32.1. The van der Waals surface area contributed by atoms with E-state index >= 15 is 0 Å². The molecule has 0 atom stereocenters. The molecule has 0 aromatic carbocycles. The van der Waals surface area contributed by atoms with Crippen LogP contribution in [0.15, 0.2) is 17.5 Å². The quantitative estimate of drug-likeness (QED) is 0.763. The van der Waals surface area contributed by atoms with Gasteiger partial charge in [-0.15, -0.1) is 11.3 Å². The van der Waals surface area contributed by atoms with Gasteiger partial charge in [-0.25, -0.2) is 4.79 Å². The molecular weight excluding hydrogens is 190 g/mol. The maximum absolute atomic E-state index is 10.9. The van der Waals surface area contributed by atoms with Crippen LogP contribution in [0.5, 0.6) is 0 Å². The van der Waals surface area contributed by atoms with Crippen molar-refractivity contribution in [2.24, 2.45) is 0 Å². The number of nitrogens with one attached hydrogen (secondary N) is 1. The van der Waals surface area contributed by atoms with Crippen molar-refractivity contribution in [2.75, 3.05) is 13.2 Å². The van der Waals surface area contributed by atoms with Gasteiger partial charge in [-0.2, -0.15) is 0 Å². The van der Waals surface area contributed by atoms with Gasteiger partial charge in [0.15, 0.2) is 0 Å². The predicted octanol–water partition coefficient (Wildman–Crippen LogP) is 0.967. The fourth-order valence-electron chi connectivity index (χ4n) is 0.762. The molecule has 1 heterocycles. The van der Waals surface area contributed by atoms with Gasteiger partial charge in [-0.3, -0.25) is 0 Å². The number of carbonyl (C=O) groups is 1. The topological polar surface area (TPSA) is 58.6 Å². The zero-order valence-electron chi connectivity index (χ0n) is 7.03. The van der Waals surface area contributed by atoms with Gasteiger partial charge in [0.1, 0.15) is 6.61 Å². The number of hydrogen-bond donors (Lipinski definition) is 2. The first-order valence-corrected chi connectivity index (χ1v) is 4.75. The number of thiophene rings is 1. The molecule has 0 radical (unpaired) electrons. The first kappa shape index (κ1) is 10.0. The molecule has 1 rings (SSSR count). The van der Waals surface area contributed by atoms with Crippen LogP contribution in [0, 0.1) is 0 Å². The second-order valence-corrected chi connectivity index (χ2v) is 3.32. The van der Waals surface area contributed by atoms with Crippen molar-refractivity contribution in [1.29, 1.82) is 0 Å². The van der Waals surface area contributed by atoms with E-state index in [1.807, 2.05) is 17.5 Å². The van der Waals surface area contributed by atoms with E-state index in [2.05, 4.69) is 10.1 Å². The molecule has 0 saturated carbocycles. The van der Waals surface area contributed by atoms with Gasteiger partial charge in [-0.1, -0.05) is 6.07 Å². The van der Waals surface area contributed by atoms with Crippen LogP contribution in [0.1, 0.15) is 4.88 Å². The van der Waals surface area contributed by atoms with Gasteiger partial charge in [0, 0.05) is 4.88 Å². The number of aliphatic hydroxyl groups excluding tert-OH is 1. The second kappa shape index (κ2) is 5.55. The Hall–Kier alpha value is -1.07. The van der Waals surface area contributed by atoms with Crippen molar-refractivity contribution < 1.29 is 14.6 Å². The largest absolute Gasteiger partial charge is 0.447 e. The third-order valence-corrected chi connectivity index (χ3v) is 2.19. The average Bonchev–Trinajstić information content (AvgIpc) is 2.64. The molecule has 2 N–H and O–H groups in total. The number of rotatable bonds is 4. The fraction of sp³-hybridized carbons (Fsp3) is 0.375. The van der Waals surface area contributed by atoms with Crippen LogP contribution in [-0.2, 0) is 11.3 Å². The number of ether oxygens (including phenoxy) is 1. The molecule has 0 aliphatic carbocycles. The lowest BCUT2D eigenvalue weighted by molar-refractivity contribution is 0.119. The molecule has 72 valence electrons. The van der Waals surface area contributed by atoms with Crippen LogP contribution < -0.4 is 5.32 Å². The molecule has 0 saturated heterocycles. The van der Waals surface area contributed by atoms with E-state index in [1.165, 1.54) is 0 Å². The van der Waals surface area contributed by atoms with E-state index in [9.17, 15) is 4.79 Å². The van der Waals surface area contributed by atoms with Crippen LogP contribution in [0.25, 0.3) is 0 Å². The van der Waals surface area contributed by atoms with Crippen LogP contribution in [0.3, 0.4) is 0 Å². The average molecular weight is 201 g/mol. The number of hydrogen-bond acceptors (Lipinski definition) is 4. The molecule has 1 aromatic heterocycles. The SMILES string of the molecule is O=C(NCc1cccs1)OCCO. The molecular formula is C8H11NO3S. The highest BCUT2D eigenvalue weighted by Crippen LogP contribution is 2.07. The van der Waals surface area contributed by atoms with Gasteiger partial charge < -0.3 is 15.2 Å². The van der Waals surface area contributed by atoms with Crippen molar-refractivity contribution in [1.82, 2.24) is 5.32 Å². The molecule has 0 spiro atoms. The van der Waals surface area contributed by atoms with Gasteiger partial charge in [0.2, 0.25) is 0 Å². The molecule has 4 nitrogen and oxygen atoms in total. The van der Waals surface area contributed by atoms with Crippen molar-refractivity contribution in [3.05, 3.63) is 22.4 Å². The summed E-state index contributed by atoms with van der Waals surface area (Å²) in [7, 11) is 0. The van der Waals surface area contributed by atoms with E-state index in [0.717, 1.165) is 4.88 Å². The second-order valence-electron chi connectivity index (χ2n) is 2.29. The third kappa shape index (κ3) is 3.91. The summed E-state index contributed by atoms with van der Waals surface area (Å²) in [5.41, 5.74) is 0. The Balaban J connectivity index is 2.15.